The minimum atomic E-state index is -0.283. The molecule has 0 spiro atoms. The zero-order chi connectivity index (χ0) is 17.7. The molecule has 2 N–H and O–H groups in total. The van der Waals surface area contributed by atoms with Crippen molar-refractivity contribution in [1.29, 1.82) is 0 Å². The monoisotopic (exact) mass is 412 g/mol. The van der Waals surface area contributed by atoms with Crippen molar-refractivity contribution < 1.29 is 9.47 Å². The second-order valence-electron chi connectivity index (χ2n) is 6.00. The van der Waals surface area contributed by atoms with Crippen molar-refractivity contribution in [3.8, 4) is 11.5 Å². The Bertz CT molecular complexity index is 755. The fourth-order valence-electron chi connectivity index (χ4n) is 2.67. The Morgan fingerprint density at radius 3 is 2.50 bits per heavy atom. The second kappa shape index (κ2) is 9.40. The predicted octanol–water partition coefficient (Wildman–Crippen LogP) is 4.89. The highest BCUT2D eigenvalue weighted by Gasteiger charge is 2.29. The molecule has 0 aromatic heterocycles. The first-order chi connectivity index (χ1) is 12.0. The first kappa shape index (κ1) is 20.7. The quantitative estimate of drug-likeness (QED) is 0.686. The summed E-state index contributed by atoms with van der Waals surface area (Å²) in [6.45, 7) is 3.04. The fraction of sp³-hybridized carbons (Fsp3) is 0.316. The van der Waals surface area contributed by atoms with Gasteiger partial charge in [-0.1, -0.05) is 35.5 Å². The highest BCUT2D eigenvalue weighted by Crippen LogP contribution is 2.36. The van der Waals surface area contributed by atoms with E-state index < -0.39 is 0 Å². The van der Waals surface area contributed by atoms with Crippen LogP contribution in [0.2, 0.25) is 5.02 Å². The van der Waals surface area contributed by atoms with Crippen LogP contribution in [0.3, 0.4) is 0 Å². The second-order valence-corrected chi connectivity index (χ2v) is 7.55. The molecule has 1 heterocycles. The van der Waals surface area contributed by atoms with Gasteiger partial charge in [-0.2, -0.15) is 0 Å². The molecule has 1 atom stereocenters. The summed E-state index contributed by atoms with van der Waals surface area (Å²) in [5.41, 5.74) is 6.74. The zero-order valence-corrected chi connectivity index (χ0v) is 16.9. The molecule has 7 heteroatoms. The van der Waals surface area contributed by atoms with Crippen LogP contribution < -0.4 is 15.2 Å². The van der Waals surface area contributed by atoms with Crippen molar-refractivity contribution in [2.45, 2.75) is 18.9 Å². The van der Waals surface area contributed by atoms with E-state index >= 15 is 0 Å². The highest BCUT2D eigenvalue weighted by atomic mass is 35.5. The third-order valence-corrected chi connectivity index (χ3v) is 5.13. The number of ether oxygens (including phenoxy) is 2. The minimum absolute atomic E-state index is 0. The van der Waals surface area contributed by atoms with Crippen molar-refractivity contribution in [2.24, 2.45) is 10.7 Å². The minimum Gasteiger partial charge on any atom is -0.490 e. The zero-order valence-electron chi connectivity index (χ0n) is 14.5. The van der Waals surface area contributed by atoms with Crippen LogP contribution in [-0.4, -0.2) is 24.1 Å². The van der Waals surface area contributed by atoms with Gasteiger partial charge in [-0.3, -0.25) is 4.99 Å². The van der Waals surface area contributed by atoms with Gasteiger partial charge in [0.15, 0.2) is 5.17 Å². The van der Waals surface area contributed by atoms with Crippen LogP contribution in [0.25, 0.3) is 0 Å². The van der Waals surface area contributed by atoms with Crippen molar-refractivity contribution >= 4 is 40.9 Å². The lowest BCUT2D eigenvalue weighted by atomic mass is 9.90. The van der Waals surface area contributed by atoms with Gasteiger partial charge in [0, 0.05) is 10.8 Å². The molecular formula is C19H22Cl2N2O2S. The number of halogens is 2. The summed E-state index contributed by atoms with van der Waals surface area (Å²) in [5, 5.41) is 1.34. The molecular weight excluding hydrogens is 391 g/mol. The Kier molecular flexibility index (Phi) is 7.50. The number of nitrogens with two attached hydrogens (primary N) is 1. The lowest BCUT2D eigenvalue weighted by Gasteiger charge is -2.30. The predicted molar refractivity (Wildman–Crippen MR) is 112 cm³/mol. The smallest absolute Gasteiger partial charge is 0.154 e. The number of benzene rings is 2. The summed E-state index contributed by atoms with van der Waals surface area (Å²) in [6, 6.07) is 15.3. The van der Waals surface area contributed by atoms with Gasteiger partial charge in [0.1, 0.15) is 24.7 Å². The first-order valence-electron chi connectivity index (χ1n) is 8.15. The maximum Gasteiger partial charge on any atom is 0.154 e. The summed E-state index contributed by atoms with van der Waals surface area (Å²) in [5.74, 6) is 2.57. The van der Waals surface area contributed by atoms with Crippen molar-refractivity contribution in [2.75, 3.05) is 19.0 Å². The Balaban J connectivity index is 0.00000243. The molecule has 0 amide bonds. The van der Waals surface area contributed by atoms with Crippen LogP contribution in [0, 0.1) is 0 Å². The lowest BCUT2D eigenvalue weighted by molar-refractivity contribution is 0.217. The number of nitrogens with zero attached hydrogens (tertiary/aromatic N) is 1. The fourth-order valence-corrected chi connectivity index (χ4v) is 3.77. The van der Waals surface area contributed by atoms with Crippen LogP contribution in [0.15, 0.2) is 53.5 Å². The van der Waals surface area contributed by atoms with E-state index in [0.717, 1.165) is 29.2 Å². The summed E-state index contributed by atoms with van der Waals surface area (Å²) >= 11 is 7.46. The Labute approximate surface area is 169 Å². The lowest BCUT2D eigenvalue weighted by Crippen LogP contribution is -2.28. The summed E-state index contributed by atoms with van der Waals surface area (Å²) < 4.78 is 11.5. The van der Waals surface area contributed by atoms with E-state index in [9.17, 15) is 0 Å². The van der Waals surface area contributed by atoms with E-state index in [1.165, 1.54) is 0 Å². The molecule has 26 heavy (non-hydrogen) atoms. The van der Waals surface area contributed by atoms with Crippen LogP contribution in [0.1, 0.15) is 18.9 Å². The number of hydrogen-bond donors (Lipinski definition) is 1. The third-order valence-electron chi connectivity index (χ3n) is 4.09. The highest BCUT2D eigenvalue weighted by molar-refractivity contribution is 8.13. The van der Waals surface area contributed by atoms with E-state index in [2.05, 4.69) is 18.0 Å². The van der Waals surface area contributed by atoms with Gasteiger partial charge >= 0.3 is 0 Å². The van der Waals surface area contributed by atoms with Gasteiger partial charge < -0.3 is 15.2 Å². The van der Waals surface area contributed by atoms with Gasteiger partial charge in [0.05, 0.1) is 5.54 Å². The normalized spacial score (nSPS) is 19.2. The van der Waals surface area contributed by atoms with Gasteiger partial charge in [0.25, 0.3) is 0 Å². The molecule has 0 saturated carbocycles. The molecule has 0 radical (unpaired) electrons. The molecule has 4 nitrogen and oxygen atoms in total. The van der Waals surface area contributed by atoms with Crippen molar-refractivity contribution in [3.05, 3.63) is 59.1 Å². The molecule has 140 valence electrons. The molecule has 0 bridgehead atoms. The molecule has 2 aromatic carbocycles. The Hall–Kier alpha value is -1.56. The largest absolute Gasteiger partial charge is 0.490 e. The van der Waals surface area contributed by atoms with E-state index in [0.29, 0.717) is 23.4 Å². The number of amidine groups is 1. The van der Waals surface area contributed by atoms with Gasteiger partial charge in [-0.05, 0) is 55.3 Å². The number of aliphatic imine (C=N–C) groups is 1. The SMILES string of the molecule is CC1(c2cccc(OCCOc3ccc(Cl)cc3)c2)CCSC(N)=N1.Cl. The van der Waals surface area contributed by atoms with Gasteiger partial charge in [-0.25, -0.2) is 0 Å². The van der Waals surface area contributed by atoms with E-state index in [1.54, 1.807) is 23.9 Å². The number of rotatable bonds is 6. The molecule has 1 unspecified atom stereocenters. The van der Waals surface area contributed by atoms with E-state index in [1.807, 2.05) is 30.3 Å². The molecule has 2 aromatic rings. The molecule has 1 aliphatic heterocycles. The van der Waals surface area contributed by atoms with Crippen LogP contribution in [0.4, 0.5) is 0 Å². The van der Waals surface area contributed by atoms with Crippen LogP contribution in [0.5, 0.6) is 11.5 Å². The molecule has 3 rings (SSSR count). The first-order valence-corrected chi connectivity index (χ1v) is 9.51. The summed E-state index contributed by atoms with van der Waals surface area (Å²) in [6.07, 6.45) is 0.960. The maximum absolute atomic E-state index is 5.91. The standard InChI is InChI=1S/C19H21ClN2O2S.ClH/c1-19(9-12-25-18(21)22-19)14-3-2-4-17(13-14)24-11-10-23-16-7-5-15(20)6-8-16;/h2-8,13H,9-12H2,1H3,(H2,21,22);1H. The molecule has 1 aliphatic rings. The topological polar surface area (TPSA) is 56.8 Å². The average molecular weight is 413 g/mol. The number of hydrogen-bond acceptors (Lipinski definition) is 5. The molecule has 0 aliphatic carbocycles. The van der Waals surface area contributed by atoms with Crippen molar-refractivity contribution in [3.63, 3.8) is 0 Å². The molecule has 0 saturated heterocycles. The van der Waals surface area contributed by atoms with E-state index in [4.69, 9.17) is 26.8 Å². The Morgan fingerprint density at radius 1 is 1.12 bits per heavy atom. The van der Waals surface area contributed by atoms with Gasteiger partial charge in [0.2, 0.25) is 0 Å². The Morgan fingerprint density at radius 2 is 1.81 bits per heavy atom. The van der Waals surface area contributed by atoms with Crippen LogP contribution >= 0.6 is 35.8 Å². The summed E-state index contributed by atoms with van der Waals surface area (Å²) in [4.78, 5) is 4.64. The maximum atomic E-state index is 5.91. The van der Waals surface area contributed by atoms with E-state index in [-0.39, 0.29) is 17.9 Å². The summed E-state index contributed by atoms with van der Waals surface area (Å²) in [7, 11) is 0. The number of thioether (sulfide) groups is 1. The average Bonchev–Trinajstić information content (AvgIpc) is 2.60. The van der Waals surface area contributed by atoms with Gasteiger partial charge in [-0.15, -0.1) is 12.4 Å². The van der Waals surface area contributed by atoms with Crippen molar-refractivity contribution in [1.82, 2.24) is 0 Å². The molecule has 0 fully saturated rings. The van der Waals surface area contributed by atoms with Crippen LogP contribution in [-0.2, 0) is 5.54 Å². The third kappa shape index (κ3) is 5.47.